The van der Waals surface area contributed by atoms with Crippen LogP contribution in [0.25, 0.3) is 11.8 Å². The van der Waals surface area contributed by atoms with E-state index < -0.39 is 35.9 Å². The monoisotopic (exact) mass is 495 g/mol. The van der Waals surface area contributed by atoms with Crippen LogP contribution in [0, 0.1) is 19.7 Å². The van der Waals surface area contributed by atoms with Crippen molar-refractivity contribution in [1.82, 2.24) is 9.78 Å². The molecule has 0 aliphatic rings. The van der Waals surface area contributed by atoms with Gasteiger partial charge in [-0.25, -0.2) is 13.9 Å². The van der Waals surface area contributed by atoms with Gasteiger partial charge in [-0.05, 0) is 62.4 Å². The lowest BCUT2D eigenvalue weighted by Gasteiger charge is -2.14. The molecular formula is C23H18ClF4N3O3. The molecule has 0 unspecified atom stereocenters. The molecule has 3 aromatic rings. The number of nitrogens with zero attached hydrogens (tertiary/aromatic N) is 2. The third-order valence-electron chi connectivity index (χ3n) is 4.71. The number of nitrogens with one attached hydrogen (secondary N) is 1. The number of carbonyl (C=O) groups excluding carboxylic acids is 2. The molecule has 11 heteroatoms. The van der Waals surface area contributed by atoms with Crippen LogP contribution in [0.5, 0.6) is 0 Å². The van der Waals surface area contributed by atoms with E-state index >= 15 is 0 Å². The molecule has 3 rings (SSSR count). The van der Waals surface area contributed by atoms with Crippen molar-refractivity contribution in [2.45, 2.75) is 20.0 Å². The average molecular weight is 496 g/mol. The first-order valence-corrected chi connectivity index (χ1v) is 10.2. The van der Waals surface area contributed by atoms with Crippen molar-refractivity contribution in [1.29, 1.82) is 0 Å². The maximum absolute atomic E-state index is 13.2. The SMILES string of the molecule is Cc1nn(-c2ccc(F)cc2)c(C)c1/C=C/C(=O)OCC(=O)Nc1ccc(Cl)cc1C(F)(F)F. The number of aryl methyl sites for hydroxylation is 1. The number of anilines is 1. The minimum atomic E-state index is -4.74. The van der Waals surface area contributed by atoms with E-state index in [9.17, 15) is 27.2 Å². The summed E-state index contributed by atoms with van der Waals surface area (Å²) in [6, 6.07) is 8.59. The smallest absolute Gasteiger partial charge is 0.418 e. The Hall–Kier alpha value is -3.66. The zero-order chi connectivity index (χ0) is 25.0. The summed E-state index contributed by atoms with van der Waals surface area (Å²) in [6.07, 6.45) is -2.22. The number of rotatable bonds is 6. The van der Waals surface area contributed by atoms with Crippen LogP contribution >= 0.6 is 11.6 Å². The maximum atomic E-state index is 13.2. The summed E-state index contributed by atoms with van der Waals surface area (Å²) in [5.41, 5.74) is 0.874. The number of ether oxygens (including phenoxy) is 1. The zero-order valence-electron chi connectivity index (χ0n) is 17.9. The van der Waals surface area contributed by atoms with Crippen molar-refractivity contribution >= 4 is 35.2 Å². The average Bonchev–Trinajstić information content (AvgIpc) is 3.05. The van der Waals surface area contributed by atoms with E-state index in [1.54, 1.807) is 30.7 Å². The fourth-order valence-corrected chi connectivity index (χ4v) is 3.28. The van der Waals surface area contributed by atoms with Gasteiger partial charge in [0.2, 0.25) is 0 Å². The molecule has 0 fully saturated rings. The number of aromatic nitrogens is 2. The molecule has 0 atom stereocenters. The number of benzene rings is 2. The highest BCUT2D eigenvalue weighted by molar-refractivity contribution is 6.30. The zero-order valence-corrected chi connectivity index (χ0v) is 18.7. The predicted molar refractivity (Wildman–Crippen MR) is 118 cm³/mol. The van der Waals surface area contributed by atoms with Gasteiger partial charge in [-0.2, -0.15) is 18.3 Å². The second-order valence-electron chi connectivity index (χ2n) is 7.15. The van der Waals surface area contributed by atoms with Crippen molar-refractivity contribution in [3.8, 4) is 5.69 Å². The normalized spacial score (nSPS) is 11.6. The molecular weight excluding hydrogens is 478 g/mol. The van der Waals surface area contributed by atoms with Gasteiger partial charge in [-0.3, -0.25) is 4.79 Å². The molecule has 1 aromatic heterocycles. The van der Waals surface area contributed by atoms with Crippen molar-refractivity contribution in [3.05, 3.63) is 81.9 Å². The fourth-order valence-electron chi connectivity index (χ4n) is 3.11. The second-order valence-corrected chi connectivity index (χ2v) is 7.59. The third-order valence-corrected chi connectivity index (χ3v) is 4.95. The molecule has 0 saturated carbocycles. The predicted octanol–water partition coefficient (Wildman–Crippen LogP) is 5.50. The molecule has 0 aliphatic carbocycles. The Morgan fingerprint density at radius 3 is 2.47 bits per heavy atom. The number of hydrogen-bond acceptors (Lipinski definition) is 4. The molecule has 34 heavy (non-hydrogen) atoms. The summed E-state index contributed by atoms with van der Waals surface area (Å²) in [5, 5.41) is 6.28. The lowest BCUT2D eigenvalue weighted by Crippen LogP contribution is -2.22. The first kappa shape index (κ1) is 25.0. The summed E-state index contributed by atoms with van der Waals surface area (Å²) in [6.45, 7) is 2.68. The van der Waals surface area contributed by atoms with Gasteiger partial charge in [0.1, 0.15) is 5.82 Å². The summed E-state index contributed by atoms with van der Waals surface area (Å²) < 4.78 is 58.9. The Balaban J connectivity index is 1.63. The largest absolute Gasteiger partial charge is 0.452 e. The fraction of sp³-hybridized carbons (Fsp3) is 0.174. The standard InChI is InChI=1S/C23H18ClF4N3O3/c1-13-18(14(2)31(30-13)17-6-4-16(25)5-7-17)8-10-22(33)34-12-21(32)29-20-9-3-15(24)11-19(20)23(26,27)28/h3-11H,12H2,1-2H3,(H,29,32)/b10-8+. The molecule has 0 aliphatic heterocycles. The minimum absolute atomic E-state index is 0.143. The molecule has 1 N–H and O–H groups in total. The highest BCUT2D eigenvalue weighted by Crippen LogP contribution is 2.36. The molecule has 0 saturated heterocycles. The lowest BCUT2D eigenvalue weighted by atomic mass is 10.1. The third kappa shape index (κ3) is 6.02. The Kier molecular flexibility index (Phi) is 7.41. The molecule has 2 aromatic carbocycles. The Morgan fingerprint density at radius 1 is 1.15 bits per heavy atom. The summed E-state index contributed by atoms with van der Waals surface area (Å²) in [4.78, 5) is 24.0. The number of esters is 1. The van der Waals surface area contributed by atoms with Crippen molar-refractivity contribution < 1.29 is 31.9 Å². The van der Waals surface area contributed by atoms with E-state index in [-0.39, 0.29) is 10.8 Å². The minimum Gasteiger partial charge on any atom is -0.452 e. The summed E-state index contributed by atoms with van der Waals surface area (Å²) in [5.74, 6) is -2.22. The number of amides is 1. The first-order chi connectivity index (χ1) is 16.0. The van der Waals surface area contributed by atoms with Gasteiger partial charge >= 0.3 is 12.1 Å². The first-order valence-electron chi connectivity index (χ1n) is 9.79. The molecule has 178 valence electrons. The molecule has 0 radical (unpaired) electrons. The van der Waals surface area contributed by atoms with Gasteiger partial charge in [0.15, 0.2) is 6.61 Å². The molecule has 1 heterocycles. The van der Waals surface area contributed by atoms with Crippen LogP contribution in [0.3, 0.4) is 0 Å². The van der Waals surface area contributed by atoms with Gasteiger partial charge < -0.3 is 10.1 Å². The van der Waals surface area contributed by atoms with Crippen molar-refractivity contribution in [2.75, 3.05) is 11.9 Å². The lowest BCUT2D eigenvalue weighted by molar-refractivity contribution is -0.142. The summed E-state index contributed by atoms with van der Waals surface area (Å²) >= 11 is 5.60. The van der Waals surface area contributed by atoms with Crippen LogP contribution in [-0.4, -0.2) is 28.3 Å². The van der Waals surface area contributed by atoms with E-state index in [2.05, 4.69) is 10.4 Å². The van der Waals surface area contributed by atoms with Crippen LogP contribution in [-0.2, 0) is 20.5 Å². The van der Waals surface area contributed by atoms with Crippen molar-refractivity contribution in [2.24, 2.45) is 0 Å². The Bertz CT molecular complexity index is 1250. The quantitative estimate of drug-likeness (QED) is 0.278. The van der Waals surface area contributed by atoms with Crippen LogP contribution in [0.1, 0.15) is 22.5 Å². The van der Waals surface area contributed by atoms with Crippen LogP contribution in [0.15, 0.2) is 48.5 Å². The molecule has 0 bridgehead atoms. The maximum Gasteiger partial charge on any atom is 0.418 e. The van der Waals surface area contributed by atoms with E-state index in [1.807, 2.05) is 0 Å². The van der Waals surface area contributed by atoms with Crippen LogP contribution in [0.4, 0.5) is 23.2 Å². The topological polar surface area (TPSA) is 73.2 Å². The number of carbonyl (C=O) groups is 2. The van der Waals surface area contributed by atoms with E-state index in [1.165, 1.54) is 24.3 Å². The molecule has 1 amide bonds. The summed E-state index contributed by atoms with van der Waals surface area (Å²) in [7, 11) is 0. The van der Waals surface area contributed by atoms with Crippen LogP contribution in [0.2, 0.25) is 5.02 Å². The highest BCUT2D eigenvalue weighted by atomic mass is 35.5. The van der Waals surface area contributed by atoms with Gasteiger partial charge in [-0.15, -0.1) is 0 Å². The van der Waals surface area contributed by atoms with Gasteiger partial charge in [0, 0.05) is 22.4 Å². The number of alkyl halides is 3. The van der Waals surface area contributed by atoms with Crippen molar-refractivity contribution in [3.63, 3.8) is 0 Å². The number of halogens is 5. The van der Waals surface area contributed by atoms with Crippen LogP contribution < -0.4 is 5.32 Å². The van der Waals surface area contributed by atoms with E-state index in [0.29, 0.717) is 28.7 Å². The second kappa shape index (κ2) is 10.1. The Morgan fingerprint density at radius 2 is 1.82 bits per heavy atom. The highest BCUT2D eigenvalue weighted by Gasteiger charge is 2.34. The molecule has 0 spiro atoms. The van der Waals surface area contributed by atoms with E-state index in [4.69, 9.17) is 16.3 Å². The van der Waals surface area contributed by atoms with Gasteiger partial charge in [0.05, 0.1) is 22.6 Å². The van der Waals surface area contributed by atoms with Gasteiger partial charge in [0.25, 0.3) is 5.91 Å². The van der Waals surface area contributed by atoms with E-state index in [0.717, 1.165) is 12.1 Å². The number of hydrogen-bond donors (Lipinski definition) is 1. The Labute approximate surface area is 196 Å². The van der Waals surface area contributed by atoms with Gasteiger partial charge in [-0.1, -0.05) is 11.6 Å². The molecule has 6 nitrogen and oxygen atoms in total.